The Hall–Kier alpha value is -1.26. The van der Waals surface area contributed by atoms with Gasteiger partial charge in [-0.15, -0.1) is 12.4 Å². The maximum absolute atomic E-state index is 11.8. The first-order chi connectivity index (χ1) is 9.67. The molecule has 1 unspecified atom stereocenters. The van der Waals surface area contributed by atoms with Crippen LogP contribution in [0.2, 0.25) is 0 Å². The van der Waals surface area contributed by atoms with Crippen molar-refractivity contribution in [1.82, 2.24) is 10.6 Å². The number of carbonyl (C=O) groups is 1. The van der Waals surface area contributed by atoms with Crippen LogP contribution in [-0.2, 0) is 11.2 Å². The number of rotatable bonds is 9. The maximum atomic E-state index is 11.8. The average molecular weight is 315 g/mol. The van der Waals surface area contributed by atoms with Gasteiger partial charge in [0.1, 0.15) is 5.75 Å². The van der Waals surface area contributed by atoms with E-state index in [4.69, 9.17) is 4.74 Å². The van der Waals surface area contributed by atoms with Crippen LogP contribution < -0.4 is 15.4 Å². The first kappa shape index (κ1) is 19.7. The topological polar surface area (TPSA) is 50.4 Å². The number of para-hydroxylation sites is 1. The second kappa shape index (κ2) is 11.4. The number of hydrogen-bond acceptors (Lipinski definition) is 3. The van der Waals surface area contributed by atoms with Crippen LogP contribution in [-0.4, -0.2) is 32.7 Å². The summed E-state index contributed by atoms with van der Waals surface area (Å²) in [5.74, 6) is 1.31. The van der Waals surface area contributed by atoms with Gasteiger partial charge in [-0.3, -0.25) is 4.79 Å². The Morgan fingerprint density at radius 3 is 2.67 bits per heavy atom. The van der Waals surface area contributed by atoms with Gasteiger partial charge in [0.05, 0.1) is 7.11 Å². The molecule has 1 atom stereocenters. The Morgan fingerprint density at radius 2 is 2.00 bits per heavy atom. The van der Waals surface area contributed by atoms with Crippen LogP contribution in [0.3, 0.4) is 0 Å². The summed E-state index contributed by atoms with van der Waals surface area (Å²) in [5.41, 5.74) is 1.16. The van der Waals surface area contributed by atoms with Gasteiger partial charge in [0.15, 0.2) is 0 Å². The summed E-state index contributed by atoms with van der Waals surface area (Å²) >= 11 is 0. The van der Waals surface area contributed by atoms with Crippen molar-refractivity contribution in [3.63, 3.8) is 0 Å². The maximum Gasteiger partial charge on any atom is 0.220 e. The van der Waals surface area contributed by atoms with E-state index in [1.165, 1.54) is 0 Å². The third kappa shape index (κ3) is 7.93. The minimum Gasteiger partial charge on any atom is -0.496 e. The van der Waals surface area contributed by atoms with Gasteiger partial charge in [-0.25, -0.2) is 0 Å². The fourth-order valence-electron chi connectivity index (χ4n) is 2.17. The van der Waals surface area contributed by atoms with Crippen LogP contribution in [0.4, 0.5) is 0 Å². The highest BCUT2D eigenvalue weighted by atomic mass is 35.5. The molecule has 0 aliphatic carbocycles. The van der Waals surface area contributed by atoms with Crippen LogP contribution in [0, 0.1) is 5.92 Å². The van der Waals surface area contributed by atoms with Gasteiger partial charge in [0.2, 0.25) is 5.91 Å². The summed E-state index contributed by atoms with van der Waals surface area (Å²) in [6.07, 6.45) is 1.40. The molecule has 5 heteroatoms. The third-order valence-electron chi connectivity index (χ3n) is 3.17. The molecule has 0 saturated carbocycles. The van der Waals surface area contributed by atoms with E-state index >= 15 is 0 Å². The zero-order chi connectivity index (χ0) is 14.8. The van der Waals surface area contributed by atoms with E-state index in [0.29, 0.717) is 18.9 Å². The molecule has 0 fully saturated rings. The van der Waals surface area contributed by atoms with Gasteiger partial charge in [-0.1, -0.05) is 32.0 Å². The van der Waals surface area contributed by atoms with Crippen molar-refractivity contribution in [1.29, 1.82) is 0 Å². The zero-order valence-electron chi connectivity index (χ0n) is 13.1. The second-order valence-corrected chi connectivity index (χ2v) is 5.03. The van der Waals surface area contributed by atoms with Crippen molar-refractivity contribution in [3.8, 4) is 5.75 Å². The molecule has 0 saturated heterocycles. The monoisotopic (exact) mass is 314 g/mol. The number of methoxy groups -OCH3 is 1. The Morgan fingerprint density at radius 1 is 1.29 bits per heavy atom. The van der Waals surface area contributed by atoms with E-state index in [9.17, 15) is 4.79 Å². The van der Waals surface area contributed by atoms with Gasteiger partial charge in [0.25, 0.3) is 0 Å². The van der Waals surface area contributed by atoms with Crippen molar-refractivity contribution in [3.05, 3.63) is 29.8 Å². The van der Waals surface area contributed by atoms with Crippen LogP contribution in [0.1, 0.15) is 25.8 Å². The Kier molecular flexibility index (Phi) is 10.7. The molecule has 0 aliphatic rings. The summed E-state index contributed by atoms with van der Waals surface area (Å²) in [5, 5.41) is 6.11. The molecule has 0 spiro atoms. The number of amides is 1. The minimum atomic E-state index is 0. The molecular weight excluding hydrogens is 288 g/mol. The predicted molar refractivity (Wildman–Crippen MR) is 89.3 cm³/mol. The molecule has 0 heterocycles. The Labute approximate surface area is 134 Å². The molecule has 0 bridgehead atoms. The molecule has 120 valence electrons. The molecule has 0 aromatic heterocycles. The van der Waals surface area contributed by atoms with E-state index in [-0.39, 0.29) is 18.3 Å². The number of ether oxygens (including phenoxy) is 1. The lowest BCUT2D eigenvalue weighted by atomic mass is 9.97. The predicted octanol–water partition coefficient (Wildman–Crippen LogP) is 2.41. The lowest BCUT2D eigenvalue weighted by Crippen LogP contribution is -2.32. The largest absolute Gasteiger partial charge is 0.496 e. The number of nitrogens with one attached hydrogen (secondary N) is 2. The number of benzene rings is 1. The van der Waals surface area contributed by atoms with Crippen LogP contribution in [0.5, 0.6) is 5.75 Å². The SMILES string of the molecule is CCNCCNC(=O)CC(C)Cc1ccccc1OC.Cl. The molecule has 1 amide bonds. The molecule has 4 nitrogen and oxygen atoms in total. The van der Waals surface area contributed by atoms with Crippen LogP contribution in [0.15, 0.2) is 24.3 Å². The van der Waals surface area contributed by atoms with E-state index < -0.39 is 0 Å². The first-order valence-electron chi connectivity index (χ1n) is 7.26. The van der Waals surface area contributed by atoms with Gasteiger partial charge in [-0.2, -0.15) is 0 Å². The highest BCUT2D eigenvalue weighted by molar-refractivity contribution is 5.85. The van der Waals surface area contributed by atoms with Crippen molar-refractivity contribution < 1.29 is 9.53 Å². The highest BCUT2D eigenvalue weighted by Crippen LogP contribution is 2.21. The smallest absolute Gasteiger partial charge is 0.220 e. The van der Waals surface area contributed by atoms with Crippen molar-refractivity contribution in [2.75, 3.05) is 26.7 Å². The highest BCUT2D eigenvalue weighted by Gasteiger charge is 2.11. The van der Waals surface area contributed by atoms with Gasteiger partial charge in [0, 0.05) is 19.5 Å². The minimum absolute atomic E-state index is 0. The number of halogens is 1. The number of likely N-dealkylation sites (N-methyl/N-ethyl adjacent to an activating group) is 1. The van der Waals surface area contributed by atoms with Crippen LogP contribution in [0.25, 0.3) is 0 Å². The van der Waals surface area contributed by atoms with E-state index in [2.05, 4.69) is 30.5 Å². The molecule has 21 heavy (non-hydrogen) atoms. The standard InChI is InChI=1S/C16H26N2O2.ClH/c1-4-17-9-10-18-16(19)12-13(2)11-14-7-5-6-8-15(14)20-3;/h5-8,13,17H,4,9-12H2,1-3H3,(H,18,19);1H. The first-order valence-corrected chi connectivity index (χ1v) is 7.26. The average Bonchev–Trinajstić information content (AvgIpc) is 2.44. The van der Waals surface area contributed by atoms with Crippen LogP contribution >= 0.6 is 12.4 Å². The molecule has 1 rings (SSSR count). The lowest BCUT2D eigenvalue weighted by Gasteiger charge is -2.14. The normalized spacial score (nSPS) is 11.4. The van der Waals surface area contributed by atoms with Gasteiger partial charge < -0.3 is 15.4 Å². The molecule has 2 N–H and O–H groups in total. The molecule has 0 aliphatic heterocycles. The van der Waals surface area contributed by atoms with Crippen molar-refractivity contribution in [2.45, 2.75) is 26.7 Å². The lowest BCUT2D eigenvalue weighted by molar-refractivity contribution is -0.121. The molecule has 1 aromatic rings. The summed E-state index contributed by atoms with van der Waals surface area (Å²) in [7, 11) is 1.68. The Bertz CT molecular complexity index is 413. The van der Waals surface area contributed by atoms with E-state index in [0.717, 1.165) is 30.8 Å². The van der Waals surface area contributed by atoms with Gasteiger partial charge >= 0.3 is 0 Å². The molecule has 0 radical (unpaired) electrons. The summed E-state index contributed by atoms with van der Waals surface area (Å²) in [4.78, 5) is 11.8. The fraction of sp³-hybridized carbons (Fsp3) is 0.562. The summed E-state index contributed by atoms with van der Waals surface area (Å²) in [6.45, 7) is 6.59. The Balaban J connectivity index is 0.00000400. The number of carbonyl (C=O) groups excluding carboxylic acids is 1. The second-order valence-electron chi connectivity index (χ2n) is 5.03. The zero-order valence-corrected chi connectivity index (χ0v) is 14.0. The third-order valence-corrected chi connectivity index (χ3v) is 3.17. The number of hydrogen-bond donors (Lipinski definition) is 2. The van der Waals surface area contributed by atoms with Crippen molar-refractivity contribution >= 4 is 18.3 Å². The fourth-order valence-corrected chi connectivity index (χ4v) is 2.17. The molecule has 1 aromatic carbocycles. The summed E-state index contributed by atoms with van der Waals surface area (Å²) in [6, 6.07) is 7.97. The summed E-state index contributed by atoms with van der Waals surface area (Å²) < 4.78 is 5.33. The van der Waals surface area contributed by atoms with Crippen molar-refractivity contribution in [2.24, 2.45) is 5.92 Å². The van der Waals surface area contributed by atoms with E-state index in [1.807, 2.05) is 18.2 Å². The van der Waals surface area contributed by atoms with Gasteiger partial charge in [-0.05, 0) is 30.5 Å². The molecular formula is C16H27ClN2O2. The van der Waals surface area contributed by atoms with E-state index in [1.54, 1.807) is 7.11 Å². The quantitative estimate of drug-likeness (QED) is 0.688.